The molecule has 3 rings (SSSR count). The van der Waals surface area contributed by atoms with E-state index in [2.05, 4.69) is 15.6 Å². The number of rotatable bonds is 3. The van der Waals surface area contributed by atoms with Crippen LogP contribution in [0.4, 0.5) is 13.2 Å². The normalized spacial score (nSPS) is 20.7. The Morgan fingerprint density at radius 3 is 2.61 bits per heavy atom. The molecule has 1 fully saturated rings. The highest BCUT2D eigenvalue weighted by atomic mass is 19.4. The summed E-state index contributed by atoms with van der Waals surface area (Å²) < 4.78 is 39.0. The number of aliphatic imine (C=N–C) groups is 1. The second-order valence-corrected chi connectivity index (χ2v) is 6.43. The van der Waals surface area contributed by atoms with Gasteiger partial charge in [0, 0.05) is 25.0 Å². The van der Waals surface area contributed by atoms with E-state index >= 15 is 0 Å². The molecule has 1 aromatic rings. The Kier molecular flexibility index (Phi) is 4.50. The zero-order valence-corrected chi connectivity index (χ0v) is 13.0. The summed E-state index contributed by atoms with van der Waals surface area (Å²) in [6.07, 6.45) is 0.654. The molecule has 0 amide bonds. The molecule has 23 heavy (non-hydrogen) atoms. The van der Waals surface area contributed by atoms with Crippen molar-refractivity contribution in [3.8, 4) is 0 Å². The van der Waals surface area contributed by atoms with Crippen LogP contribution in [0.25, 0.3) is 0 Å². The SMILES string of the molecule is FC(F)(F)c1cccc(C2(CNC3=NCCCN3)CCCC2)c1. The fourth-order valence-corrected chi connectivity index (χ4v) is 3.55. The lowest BCUT2D eigenvalue weighted by atomic mass is 9.78. The zero-order valence-electron chi connectivity index (χ0n) is 13.0. The van der Waals surface area contributed by atoms with Gasteiger partial charge in [0.05, 0.1) is 5.56 Å². The Labute approximate surface area is 134 Å². The first-order chi connectivity index (χ1) is 11.0. The maximum atomic E-state index is 13.0. The van der Waals surface area contributed by atoms with E-state index in [0.29, 0.717) is 6.54 Å². The summed E-state index contributed by atoms with van der Waals surface area (Å²) in [4.78, 5) is 4.39. The lowest BCUT2D eigenvalue weighted by Gasteiger charge is -2.31. The molecule has 0 saturated heterocycles. The summed E-state index contributed by atoms with van der Waals surface area (Å²) in [7, 11) is 0. The number of nitrogens with one attached hydrogen (secondary N) is 2. The predicted molar refractivity (Wildman–Crippen MR) is 84.5 cm³/mol. The van der Waals surface area contributed by atoms with Crippen LogP contribution < -0.4 is 10.6 Å². The molecule has 2 N–H and O–H groups in total. The van der Waals surface area contributed by atoms with Gasteiger partial charge in [-0.2, -0.15) is 13.2 Å². The Morgan fingerprint density at radius 1 is 1.17 bits per heavy atom. The number of hydrogen-bond donors (Lipinski definition) is 2. The van der Waals surface area contributed by atoms with Gasteiger partial charge in [0.25, 0.3) is 0 Å². The van der Waals surface area contributed by atoms with Crippen molar-refractivity contribution in [1.82, 2.24) is 10.6 Å². The van der Waals surface area contributed by atoms with Gasteiger partial charge in [-0.15, -0.1) is 0 Å². The highest BCUT2D eigenvalue weighted by molar-refractivity contribution is 5.80. The van der Waals surface area contributed by atoms with E-state index in [-0.39, 0.29) is 5.41 Å². The second kappa shape index (κ2) is 6.42. The van der Waals surface area contributed by atoms with Gasteiger partial charge in [0.2, 0.25) is 0 Å². The minimum Gasteiger partial charge on any atom is -0.356 e. The maximum absolute atomic E-state index is 13.0. The predicted octanol–water partition coefficient (Wildman–Crippen LogP) is 3.46. The minimum absolute atomic E-state index is 0.233. The van der Waals surface area contributed by atoms with Crippen LogP contribution in [0.5, 0.6) is 0 Å². The van der Waals surface area contributed by atoms with Crippen molar-refractivity contribution in [2.75, 3.05) is 19.6 Å². The third kappa shape index (κ3) is 3.62. The van der Waals surface area contributed by atoms with Gasteiger partial charge in [0.1, 0.15) is 0 Å². The van der Waals surface area contributed by atoms with Gasteiger partial charge < -0.3 is 10.6 Å². The quantitative estimate of drug-likeness (QED) is 0.893. The monoisotopic (exact) mass is 325 g/mol. The molecular formula is C17H22F3N3. The standard InChI is InChI=1S/C17H22F3N3/c18-17(19,20)14-6-3-5-13(11-14)16(7-1-2-8-16)12-23-15-21-9-4-10-22-15/h3,5-6,11H,1-2,4,7-10,12H2,(H2,21,22,23). The van der Waals surface area contributed by atoms with Crippen LogP contribution in [0.3, 0.4) is 0 Å². The van der Waals surface area contributed by atoms with Crippen LogP contribution in [-0.2, 0) is 11.6 Å². The average Bonchev–Trinajstić information content (AvgIpc) is 3.04. The van der Waals surface area contributed by atoms with E-state index in [1.165, 1.54) is 12.1 Å². The number of halogens is 3. The zero-order chi connectivity index (χ0) is 16.3. The molecule has 0 spiro atoms. The molecule has 126 valence electrons. The molecule has 0 unspecified atom stereocenters. The molecule has 2 aliphatic rings. The van der Waals surface area contributed by atoms with Gasteiger partial charge in [0.15, 0.2) is 5.96 Å². The third-order valence-electron chi connectivity index (χ3n) is 4.85. The molecule has 1 aliphatic heterocycles. The lowest BCUT2D eigenvalue weighted by molar-refractivity contribution is -0.137. The van der Waals surface area contributed by atoms with Crippen LogP contribution in [0, 0.1) is 0 Å². The fourth-order valence-electron chi connectivity index (χ4n) is 3.55. The Balaban J connectivity index is 1.81. The van der Waals surface area contributed by atoms with E-state index in [9.17, 15) is 13.2 Å². The number of nitrogens with zero attached hydrogens (tertiary/aromatic N) is 1. The van der Waals surface area contributed by atoms with Gasteiger partial charge >= 0.3 is 6.18 Å². The number of alkyl halides is 3. The summed E-state index contributed by atoms with van der Waals surface area (Å²) in [5.74, 6) is 0.773. The number of benzene rings is 1. The van der Waals surface area contributed by atoms with Crippen molar-refractivity contribution >= 4 is 5.96 Å². The van der Waals surface area contributed by atoms with Gasteiger partial charge in [-0.3, -0.25) is 4.99 Å². The molecule has 0 aromatic heterocycles. The Bertz CT molecular complexity index is 575. The first-order valence-corrected chi connectivity index (χ1v) is 8.20. The van der Waals surface area contributed by atoms with Crippen molar-refractivity contribution < 1.29 is 13.2 Å². The van der Waals surface area contributed by atoms with Crippen molar-refractivity contribution in [3.63, 3.8) is 0 Å². The van der Waals surface area contributed by atoms with Crippen LogP contribution in [0.15, 0.2) is 29.3 Å². The smallest absolute Gasteiger partial charge is 0.356 e. The largest absolute Gasteiger partial charge is 0.416 e. The number of guanidine groups is 1. The van der Waals surface area contributed by atoms with Gasteiger partial charge in [-0.1, -0.05) is 31.0 Å². The summed E-state index contributed by atoms with van der Waals surface area (Å²) in [5.41, 5.74) is -0.00810. The van der Waals surface area contributed by atoms with Crippen LogP contribution in [-0.4, -0.2) is 25.6 Å². The van der Waals surface area contributed by atoms with Crippen LogP contribution in [0.1, 0.15) is 43.2 Å². The summed E-state index contributed by atoms with van der Waals surface area (Å²) in [6, 6.07) is 5.82. The van der Waals surface area contributed by atoms with Gasteiger partial charge in [-0.05, 0) is 30.9 Å². The molecule has 1 aromatic carbocycles. The summed E-state index contributed by atoms with van der Waals surface area (Å²) in [6.45, 7) is 2.31. The lowest BCUT2D eigenvalue weighted by Crippen LogP contribution is -2.46. The molecule has 1 heterocycles. The summed E-state index contributed by atoms with van der Waals surface area (Å²) in [5, 5.41) is 6.52. The highest BCUT2D eigenvalue weighted by Gasteiger charge is 2.38. The van der Waals surface area contributed by atoms with Crippen LogP contribution >= 0.6 is 0 Å². The molecule has 0 bridgehead atoms. The van der Waals surface area contributed by atoms with E-state index in [0.717, 1.165) is 62.8 Å². The summed E-state index contributed by atoms with van der Waals surface area (Å²) >= 11 is 0. The average molecular weight is 325 g/mol. The minimum atomic E-state index is -4.29. The molecule has 0 atom stereocenters. The number of hydrogen-bond acceptors (Lipinski definition) is 3. The molecule has 6 heteroatoms. The second-order valence-electron chi connectivity index (χ2n) is 6.43. The van der Waals surface area contributed by atoms with Crippen molar-refractivity contribution in [1.29, 1.82) is 0 Å². The van der Waals surface area contributed by atoms with E-state index in [1.807, 2.05) is 6.07 Å². The van der Waals surface area contributed by atoms with Gasteiger partial charge in [-0.25, -0.2) is 0 Å². The van der Waals surface area contributed by atoms with Crippen molar-refractivity contribution in [2.24, 2.45) is 4.99 Å². The Hall–Kier alpha value is -1.72. The van der Waals surface area contributed by atoms with E-state index < -0.39 is 11.7 Å². The van der Waals surface area contributed by atoms with Crippen molar-refractivity contribution in [3.05, 3.63) is 35.4 Å². The third-order valence-corrected chi connectivity index (χ3v) is 4.85. The topological polar surface area (TPSA) is 36.4 Å². The van der Waals surface area contributed by atoms with E-state index in [4.69, 9.17) is 0 Å². The molecule has 3 nitrogen and oxygen atoms in total. The molecule has 1 saturated carbocycles. The highest BCUT2D eigenvalue weighted by Crippen LogP contribution is 2.42. The Morgan fingerprint density at radius 2 is 1.96 bits per heavy atom. The first kappa shape index (κ1) is 16.1. The fraction of sp³-hybridized carbons (Fsp3) is 0.588. The van der Waals surface area contributed by atoms with Crippen LogP contribution in [0.2, 0.25) is 0 Å². The molecular weight excluding hydrogens is 303 g/mol. The van der Waals surface area contributed by atoms with Crippen molar-refractivity contribution in [2.45, 2.75) is 43.7 Å². The molecule has 1 aliphatic carbocycles. The first-order valence-electron chi connectivity index (χ1n) is 8.20. The maximum Gasteiger partial charge on any atom is 0.416 e. The molecule has 0 radical (unpaired) electrons. The van der Waals surface area contributed by atoms with E-state index in [1.54, 1.807) is 0 Å².